The summed E-state index contributed by atoms with van der Waals surface area (Å²) < 4.78 is 5.18. The number of benzene rings is 3. The number of rotatable bonds is 6. The average molecular weight is 331 g/mol. The fourth-order valence-corrected chi connectivity index (χ4v) is 2.77. The number of ether oxygens (including phenoxy) is 1. The molecule has 1 amide bonds. The number of carbonyl (C=O) groups excluding carboxylic acids is 1. The molecule has 0 radical (unpaired) electrons. The zero-order valence-electron chi connectivity index (χ0n) is 14.3. The van der Waals surface area contributed by atoms with Gasteiger partial charge in [0.05, 0.1) is 13.2 Å². The highest BCUT2D eigenvalue weighted by atomic mass is 16.5. The lowest BCUT2D eigenvalue weighted by atomic mass is 10.1. The number of nitrogens with zero attached hydrogens (tertiary/aromatic N) is 1. The number of para-hydroxylation sites is 1. The molecule has 25 heavy (non-hydrogen) atoms. The van der Waals surface area contributed by atoms with Gasteiger partial charge in [0, 0.05) is 18.4 Å². The summed E-state index contributed by atoms with van der Waals surface area (Å²) in [7, 11) is 1.65. The summed E-state index contributed by atoms with van der Waals surface area (Å²) in [5.74, 6) is -0.0204. The Morgan fingerprint density at radius 1 is 0.840 bits per heavy atom. The van der Waals surface area contributed by atoms with E-state index in [1.165, 1.54) is 0 Å². The topological polar surface area (TPSA) is 29.5 Å². The van der Waals surface area contributed by atoms with E-state index < -0.39 is 0 Å². The van der Waals surface area contributed by atoms with Crippen LogP contribution in [0.15, 0.2) is 84.9 Å². The predicted octanol–water partition coefficient (Wildman–Crippen LogP) is 4.68. The standard InChI is InChI=1S/C22H21NO2/c1-25-17-19-11-8-12-20(15-19)22(24)23(21-13-6-3-7-14-21)16-18-9-4-2-5-10-18/h2-15H,16-17H2,1H3. The zero-order chi connectivity index (χ0) is 17.5. The molecule has 0 unspecified atom stereocenters. The van der Waals surface area contributed by atoms with Gasteiger partial charge in [-0.25, -0.2) is 0 Å². The minimum absolute atomic E-state index is 0.0204. The summed E-state index contributed by atoms with van der Waals surface area (Å²) in [6.07, 6.45) is 0. The van der Waals surface area contributed by atoms with E-state index in [9.17, 15) is 4.79 Å². The number of carbonyl (C=O) groups is 1. The third-order valence-electron chi connectivity index (χ3n) is 3.98. The quantitative estimate of drug-likeness (QED) is 0.656. The van der Waals surface area contributed by atoms with Gasteiger partial charge in [-0.05, 0) is 35.4 Å². The molecule has 0 saturated carbocycles. The smallest absolute Gasteiger partial charge is 0.258 e. The molecule has 3 aromatic carbocycles. The minimum atomic E-state index is -0.0204. The van der Waals surface area contributed by atoms with Gasteiger partial charge in [0.1, 0.15) is 0 Å². The molecule has 0 spiro atoms. The lowest BCUT2D eigenvalue weighted by Crippen LogP contribution is -2.30. The highest BCUT2D eigenvalue weighted by molar-refractivity contribution is 6.06. The summed E-state index contributed by atoms with van der Waals surface area (Å²) >= 11 is 0. The first-order valence-corrected chi connectivity index (χ1v) is 8.26. The average Bonchev–Trinajstić information content (AvgIpc) is 2.68. The second-order valence-electron chi connectivity index (χ2n) is 5.85. The van der Waals surface area contributed by atoms with Gasteiger partial charge in [-0.3, -0.25) is 4.79 Å². The number of methoxy groups -OCH3 is 1. The van der Waals surface area contributed by atoms with Crippen LogP contribution in [0.1, 0.15) is 21.5 Å². The predicted molar refractivity (Wildman–Crippen MR) is 101 cm³/mol. The molecule has 0 heterocycles. The van der Waals surface area contributed by atoms with Gasteiger partial charge in [-0.2, -0.15) is 0 Å². The Morgan fingerprint density at radius 2 is 1.48 bits per heavy atom. The minimum Gasteiger partial charge on any atom is -0.380 e. The maximum absolute atomic E-state index is 13.2. The van der Waals surface area contributed by atoms with Gasteiger partial charge in [-0.1, -0.05) is 60.7 Å². The fraction of sp³-hybridized carbons (Fsp3) is 0.136. The zero-order valence-corrected chi connectivity index (χ0v) is 14.3. The van der Waals surface area contributed by atoms with Crippen LogP contribution in [-0.4, -0.2) is 13.0 Å². The monoisotopic (exact) mass is 331 g/mol. The molecule has 3 nitrogen and oxygen atoms in total. The second-order valence-corrected chi connectivity index (χ2v) is 5.85. The molecule has 0 fully saturated rings. The SMILES string of the molecule is COCc1cccc(C(=O)N(Cc2ccccc2)c2ccccc2)c1. The molecular formula is C22H21NO2. The van der Waals surface area contributed by atoms with E-state index in [1.807, 2.05) is 84.9 Å². The van der Waals surface area contributed by atoms with Crippen molar-refractivity contribution in [2.75, 3.05) is 12.0 Å². The van der Waals surface area contributed by atoms with Crippen molar-refractivity contribution in [1.29, 1.82) is 0 Å². The molecule has 3 rings (SSSR count). The van der Waals surface area contributed by atoms with Gasteiger partial charge in [-0.15, -0.1) is 0 Å². The third-order valence-corrected chi connectivity index (χ3v) is 3.98. The molecule has 3 aromatic rings. The Labute approximate surface area is 148 Å². The van der Waals surface area contributed by atoms with Crippen LogP contribution in [0.25, 0.3) is 0 Å². The first-order valence-electron chi connectivity index (χ1n) is 8.26. The molecule has 0 atom stereocenters. The summed E-state index contributed by atoms with van der Waals surface area (Å²) in [4.78, 5) is 15.0. The number of hydrogen-bond acceptors (Lipinski definition) is 2. The molecule has 0 aromatic heterocycles. The van der Waals surface area contributed by atoms with Crippen LogP contribution >= 0.6 is 0 Å². The maximum Gasteiger partial charge on any atom is 0.258 e. The van der Waals surface area contributed by atoms with E-state index in [2.05, 4.69) is 0 Å². The molecule has 0 aliphatic carbocycles. The number of anilines is 1. The lowest BCUT2D eigenvalue weighted by molar-refractivity contribution is 0.0985. The Bertz CT molecular complexity index is 816. The molecule has 0 N–H and O–H groups in total. The van der Waals surface area contributed by atoms with Crippen molar-refractivity contribution in [3.05, 3.63) is 102 Å². The Kier molecular flexibility index (Phi) is 5.60. The van der Waals surface area contributed by atoms with Crippen molar-refractivity contribution >= 4 is 11.6 Å². The summed E-state index contributed by atoms with van der Waals surface area (Å²) in [5, 5.41) is 0. The normalized spacial score (nSPS) is 10.4. The van der Waals surface area contributed by atoms with Crippen LogP contribution in [0.2, 0.25) is 0 Å². The van der Waals surface area contributed by atoms with Gasteiger partial charge in [0.25, 0.3) is 5.91 Å². The van der Waals surface area contributed by atoms with Gasteiger partial charge in [0.2, 0.25) is 0 Å². The third kappa shape index (κ3) is 4.34. The summed E-state index contributed by atoms with van der Waals surface area (Å²) in [6.45, 7) is 1.02. The van der Waals surface area contributed by atoms with Gasteiger partial charge >= 0.3 is 0 Å². The van der Waals surface area contributed by atoms with E-state index in [4.69, 9.17) is 4.74 Å². The van der Waals surface area contributed by atoms with Crippen LogP contribution in [-0.2, 0) is 17.9 Å². The number of amides is 1. The molecular weight excluding hydrogens is 310 g/mol. The Balaban J connectivity index is 1.93. The molecule has 0 bridgehead atoms. The van der Waals surface area contributed by atoms with Crippen LogP contribution in [0.4, 0.5) is 5.69 Å². The highest BCUT2D eigenvalue weighted by Gasteiger charge is 2.18. The molecule has 0 aliphatic heterocycles. The molecule has 0 aliphatic rings. The second kappa shape index (κ2) is 8.27. The highest BCUT2D eigenvalue weighted by Crippen LogP contribution is 2.20. The van der Waals surface area contributed by atoms with E-state index in [-0.39, 0.29) is 5.91 Å². The van der Waals surface area contributed by atoms with Crippen molar-refractivity contribution in [2.45, 2.75) is 13.2 Å². The van der Waals surface area contributed by atoms with Gasteiger partial charge < -0.3 is 9.64 Å². The van der Waals surface area contributed by atoms with Crippen LogP contribution in [0.3, 0.4) is 0 Å². The van der Waals surface area contributed by atoms with Crippen molar-refractivity contribution in [3.63, 3.8) is 0 Å². The molecule has 3 heteroatoms. The van der Waals surface area contributed by atoms with Gasteiger partial charge in [0.15, 0.2) is 0 Å². The Morgan fingerprint density at radius 3 is 2.16 bits per heavy atom. The van der Waals surface area contributed by atoms with Crippen LogP contribution in [0.5, 0.6) is 0 Å². The Hall–Kier alpha value is -2.91. The molecule has 126 valence electrons. The fourth-order valence-electron chi connectivity index (χ4n) is 2.77. The summed E-state index contributed by atoms with van der Waals surface area (Å²) in [5.41, 5.74) is 3.62. The van der Waals surface area contributed by atoms with E-state index in [1.54, 1.807) is 12.0 Å². The van der Waals surface area contributed by atoms with Crippen LogP contribution < -0.4 is 4.90 Å². The van der Waals surface area contributed by atoms with Crippen molar-refractivity contribution in [1.82, 2.24) is 0 Å². The summed E-state index contributed by atoms with van der Waals surface area (Å²) in [6, 6.07) is 27.4. The maximum atomic E-state index is 13.2. The first-order chi connectivity index (χ1) is 12.3. The van der Waals surface area contributed by atoms with Crippen molar-refractivity contribution in [3.8, 4) is 0 Å². The van der Waals surface area contributed by atoms with Crippen molar-refractivity contribution < 1.29 is 9.53 Å². The number of hydrogen-bond donors (Lipinski definition) is 0. The van der Waals surface area contributed by atoms with Crippen LogP contribution in [0, 0.1) is 0 Å². The lowest BCUT2D eigenvalue weighted by Gasteiger charge is -2.23. The largest absolute Gasteiger partial charge is 0.380 e. The van der Waals surface area contributed by atoms with E-state index in [0.717, 1.165) is 16.8 Å². The van der Waals surface area contributed by atoms with E-state index in [0.29, 0.717) is 18.7 Å². The molecule has 0 saturated heterocycles. The van der Waals surface area contributed by atoms with Crippen molar-refractivity contribution in [2.24, 2.45) is 0 Å². The van der Waals surface area contributed by atoms with E-state index >= 15 is 0 Å². The first kappa shape index (κ1) is 16.9.